The van der Waals surface area contributed by atoms with Crippen molar-refractivity contribution in [1.82, 2.24) is 29.0 Å². The van der Waals surface area contributed by atoms with Gasteiger partial charge in [0.1, 0.15) is 23.7 Å². The van der Waals surface area contributed by atoms with Gasteiger partial charge in [0.15, 0.2) is 18.7 Å². The number of esters is 1. The normalized spacial score (nSPS) is 20.2. The molecule has 4 saturated heterocycles. The van der Waals surface area contributed by atoms with Crippen LogP contribution in [0.15, 0.2) is 73.1 Å². The summed E-state index contributed by atoms with van der Waals surface area (Å²) in [5.41, 5.74) is 3.12. The van der Waals surface area contributed by atoms with Crippen molar-refractivity contribution in [2.24, 2.45) is 5.92 Å². The van der Waals surface area contributed by atoms with Crippen molar-refractivity contribution in [1.29, 1.82) is 0 Å². The summed E-state index contributed by atoms with van der Waals surface area (Å²) in [4.78, 5) is 78.1. The molecule has 3 atom stereocenters. The molecule has 0 spiro atoms. The number of aromatic nitrogens is 2. The summed E-state index contributed by atoms with van der Waals surface area (Å²) < 4.78 is 92.0. The monoisotopic (exact) mass is 1080 g/mol. The van der Waals surface area contributed by atoms with Crippen LogP contribution in [-0.4, -0.2) is 159 Å². The third-order valence-electron chi connectivity index (χ3n) is 15.2. The van der Waals surface area contributed by atoms with Crippen LogP contribution in [0.25, 0.3) is 22.2 Å². The second-order valence-corrected chi connectivity index (χ2v) is 21.8. The molecule has 5 aliphatic heterocycles. The highest BCUT2D eigenvalue weighted by molar-refractivity contribution is 7.90. The van der Waals surface area contributed by atoms with Gasteiger partial charge in [-0.15, -0.1) is 0 Å². The van der Waals surface area contributed by atoms with Gasteiger partial charge in [0.25, 0.3) is 5.91 Å². The van der Waals surface area contributed by atoms with Gasteiger partial charge in [-0.2, -0.15) is 12.7 Å². The number of nitrogens with one attached hydrogen (secondary N) is 2. The Bertz CT molecular complexity index is 3200. The van der Waals surface area contributed by atoms with Crippen molar-refractivity contribution in [2.45, 2.75) is 70.6 Å². The largest absolute Gasteiger partial charge is 0.442 e. The number of nitrogens with zero attached hydrogens (tertiary/aromatic N) is 7. The first-order valence-electron chi connectivity index (χ1n) is 25.9. The van der Waals surface area contributed by atoms with E-state index in [2.05, 4.69) is 31.1 Å². The summed E-state index contributed by atoms with van der Waals surface area (Å²) in [6.07, 6.45) is 3.05. The van der Waals surface area contributed by atoms with E-state index in [1.165, 1.54) is 24.8 Å². The number of benzene rings is 3. The second-order valence-electron chi connectivity index (χ2n) is 20.2. The third kappa shape index (κ3) is 11.4. The Morgan fingerprint density at radius 3 is 2.32 bits per heavy atom. The zero-order valence-corrected chi connectivity index (χ0v) is 43.5. The third-order valence-corrected chi connectivity index (χ3v) is 16.7. The average molecular weight is 1080 g/mol. The van der Waals surface area contributed by atoms with Crippen LogP contribution >= 0.6 is 0 Å². The quantitative estimate of drug-likeness (QED) is 0.0497. The van der Waals surface area contributed by atoms with Crippen LogP contribution in [0, 0.1) is 17.6 Å². The van der Waals surface area contributed by atoms with Gasteiger partial charge in [0.05, 0.1) is 30.0 Å². The summed E-state index contributed by atoms with van der Waals surface area (Å²) in [5, 5.41) is 2.54. The number of ketones is 1. The number of carbonyl (C=O) groups is 5. The van der Waals surface area contributed by atoms with E-state index in [9.17, 15) is 36.8 Å². The molecule has 0 bridgehead atoms. The molecule has 0 aliphatic carbocycles. The average Bonchev–Trinajstić information content (AvgIpc) is 4.19. The van der Waals surface area contributed by atoms with Gasteiger partial charge in [-0.1, -0.05) is 12.1 Å². The number of carbonyl (C=O) groups excluding carboxylic acids is 5. The molecule has 408 valence electrons. The van der Waals surface area contributed by atoms with Crippen molar-refractivity contribution in [3.63, 3.8) is 0 Å². The minimum atomic E-state index is -4.46. The maximum Gasteiger partial charge on any atom is 0.336 e. The number of halogens is 3. The van der Waals surface area contributed by atoms with Crippen LogP contribution in [0.4, 0.5) is 30.2 Å². The van der Waals surface area contributed by atoms with Gasteiger partial charge in [-0.25, -0.2) is 22.9 Å². The summed E-state index contributed by atoms with van der Waals surface area (Å²) in [6, 6.07) is 16.4. The first-order chi connectivity index (χ1) is 37.0. The molecule has 2 N–H and O–H groups in total. The van der Waals surface area contributed by atoms with Gasteiger partial charge < -0.3 is 28.9 Å². The first kappa shape index (κ1) is 53.5. The number of hydrogen-bond acceptors (Lipinski definition) is 14. The molecule has 3 amide bonds. The molecule has 10 rings (SSSR count). The fourth-order valence-electron chi connectivity index (χ4n) is 10.9. The predicted octanol–water partition coefficient (Wildman–Crippen LogP) is 5.26. The molecule has 2 unspecified atom stereocenters. The van der Waals surface area contributed by atoms with E-state index in [4.69, 9.17) is 14.2 Å². The molecule has 0 saturated carbocycles. The lowest BCUT2D eigenvalue weighted by molar-refractivity contribution is -0.160. The molecule has 5 aromatic rings. The van der Waals surface area contributed by atoms with E-state index in [1.807, 2.05) is 41.1 Å². The van der Waals surface area contributed by atoms with E-state index < -0.39 is 82.3 Å². The number of imide groups is 1. The molecule has 23 heteroatoms. The van der Waals surface area contributed by atoms with Gasteiger partial charge in [-0.05, 0) is 98.2 Å². The van der Waals surface area contributed by atoms with Crippen LogP contribution < -0.4 is 19.8 Å². The number of anilines is 3. The summed E-state index contributed by atoms with van der Waals surface area (Å²) >= 11 is 0. The fourth-order valence-corrected chi connectivity index (χ4v) is 12.1. The van der Waals surface area contributed by atoms with E-state index in [0.717, 1.165) is 97.6 Å². The Kier molecular flexibility index (Phi) is 15.7. The molecule has 4 fully saturated rings. The lowest BCUT2D eigenvalue weighted by Gasteiger charge is -2.40. The van der Waals surface area contributed by atoms with Gasteiger partial charge in [-0.3, -0.25) is 38.7 Å². The van der Waals surface area contributed by atoms with E-state index >= 15 is 8.78 Å². The van der Waals surface area contributed by atoms with Crippen LogP contribution in [0.5, 0.6) is 0 Å². The minimum Gasteiger partial charge on any atom is -0.442 e. The van der Waals surface area contributed by atoms with E-state index in [0.29, 0.717) is 30.0 Å². The number of piperidine rings is 2. The number of piperazine rings is 1. The molecular formula is C54H60F3N9O10S. The van der Waals surface area contributed by atoms with Crippen molar-refractivity contribution in [3.8, 4) is 11.1 Å². The maximum atomic E-state index is 16.2. The number of hydrogen-bond donors (Lipinski definition) is 2. The van der Waals surface area contributed by atoms with Crippen LogP contribution in [0.1, 0.15) is 70.9 Å². The number of ether oxygens (including phenoxy) is 3. The minimum absolute atomic E-state index is 0.0397. The second kappa shape index (κ2) is 22.6. The number of fused-ring (bicyclic) bond motifs is 2. The maximum absolute atomic E-state index is 16.2. The highest BCUT2D eigenvalue weighted by Crippen LogP contribution is 2.35. The molecule has 0 radical (unpaired) electrons. The van der Waals surface area contributed by atoms with Crippen molar-refractivity contribution in [2.75, 3.05) is 93.7 Å². The molecule has 5 aliphatic rings. The predicted molar refractivity (Wildman–Crippen MR) is 278 cm³/mol. The standard InChI is InChI=1S/C54H60F3N9O10S/c1-33(75-24-23-74-2)54(71)76-32-64-31-43(50(68)48-44(56)9-10-45(49(48)57)60-77(72,73)65-18-15-38(55)30-65)42-26-36(27-58-51(42)64)35-3-5-39(6-4-35)63-21-19-61(20-22-63)28-34-13-16-62(17-14-34)40-7-8-41-37(25-40)29-66(53(41)70)46-11-12-47(67)59-52(46)69/h3-10,25-27,31,33-34,38,46,60H,11-24,28-30,32H2,1-2H3,(H,59,67,69)/t33?,38-,46?/m1/s1. The Hall–Kier alpha value is -6.92. The highest BCUT2D eigenvalue weighted by atomic mass is 32.2. The van der Waals surface area contributed by atoms with Crippen molar-refractivity contribution in [3.05, 3.63) is 107 Å². The highest BCUT2D eigenvalue weighted by Gasteiger charge is 2.40. The van der Waals surface area contributed by atoms with Crippen LogP contribution in [-0.2, 0) is 52.1 Å². The SMILES string of the molecule is COCCOC(C)C(=O)OCn1cc(C(=O)c2c(F)ccc(NS(=O)(=O)N3CC[C@@H](F)C3)c2F)c2cc(-c3ccc(N4CCN(CC5CCN(c6ccc7c(c6)CN(C6CCC(=O)NC6=O)C7=O)CC5)CC4)cc3)cnc21. The smallest absolute Gasteiger partial charge is 0.336 e. The lowest BCUT2D eigenvalue weighted by Crippen LogP contribution is -2.52. The number of alkyl halides is 1. The zero-order chi connectivity index (χ0) is 54.1. The first-order valence-corrected chi connectivity index (χ1v) is 27.3. The molecule has 3 aromatic carbocycles. The van der Waals surface area contributed by atoms with Gasteiger partial charge in [0, 0.05) is 119 Å². The van der Waals surface area contributed by atoms with Crippen molar-refractivity contribution < 1.29 is 59.8 Å². The van der Waals surface area contributed by atoms with E-state index in [1.54, 1.807) is 17.2 Å². The molecule has 2 aromatic heterocycles. The molecule has 19 nitrogen and oxygen atoms in total. The Labute approximate surface area is 443 Å². The number of methoxy groups -OCH3 is 1. The summed E-state index contributed by atoms with van der Waals surface area (Å²) in [7, 11) is -2.97. The Morgan fingerprint density at radius 2 is 1.61 bits per heavy atom. The zero-order valence-electron chi connectivity index (χ0n) is 42.7. The topological polar surface area (TPSA) is 205 Å². The van der Waals surface area contributed by atoms with Gasteiger partial charge in [0.2, 0.25) is 17.6 Å². The van der Waals surface area contributed by atoms with Crippen LogP contribution in [0.3, 0.4) is 0 Å². The summed E-state index contributed by atoms with van der Waals surface area (Å²) in [6.45, 7) is 7.42. The lowest BCUT2D eigenvalue weighted by atomic mass is 9.95. The number of amides is 3. The van der Waals surface area contributed by atoms with Crippen LogP contribution in [0.2, 0.25) is 0 Å². The fraction of sp³-hybridized carbons (Fsp3) is 0.444. The van der Waals surface area contributed by atoms with E-state index in [-0.39, 0.29) is 61.0 Å². The molecule has 7 heterocycles. The molecule has 77 heavy (non-hydrogen) atoms. The van der Waals surface area contributed by atoms with Gasteiger partial charge >= 0.3 is 16.2 Å². The molecular weight excluding hydrogens is 1020 g/mol. The Balaban J connectivity index is 0.785. The Morgan fingerprint density at radius 1 is 0.870 bits per heavy atom. The number of pyridine rings is 1. The van der Waals surface area contributed by atoms with Crippen molar-refractivity contribution >= 4 is 67.8 Å². The summed E-state index contributed by atoms with van der Waals surface area (Å²) in [5.74, 6) is -4.95. The number of rotatable bonds is 18.